The Kier molecular flexibility index (Phi) is 7.74. The van der Waals surface area contributed by atoms with Crippen LogP contribution >= 0.6 is 0 Å². The standard InChI is InChI=1S/C27H39N3O4S2/c1-19-8-12-29(13-9-19)26-7-6-24(36(33,34)30-14-10-20(2)11-15-30)18-25(26)28-35(31,32)27-22(4)16-21(3)17-23(27)5/h6-7,16-20,28H,8-15H2,1-5H3. The Labute approximate surface area is 217 Å². The third-order valence-electron chi connectivity index (χ3n) is 7.59. The first-order chi connectivity index (χ1) is 16.9. The van der Waals surface area contributed by atoms with Crippen LogP contribution in [-0.2, 0) is 20.0 Å². The minimum atomic E-state index is -3.94. The summed E-state index contributed by atoms with van der Waals surface area (Å²) in [6.07, 6.45) is 3.67. The number of sulfonamides is 2. The minimum absolute atomic E-state index is 0.126. The fourth-order valence-electron chi connectivity index (χ4n) is 5.44. The van der Waals surface area contributed by atoms with Crippen molar-refractivity contribution < 1.29 is 16.8 Å². The van der Waals surface area contributed by atoms with E-state index in [1.54, 1.807) is 26.0 Å². The molecule has 2 aliphatic heterocycles. The van der Waals surface area contributed by atoms with Crippen molar-refractivity contribution in [2.24, 2.45) is 11.8 Å². The molecule has 0 radical (unpaired) electrons. The smallest absolute Gasteiger partial charge is 0.262 e. The van der Waals surface area contributed by atoms with Gasteiger partial charge in [0.25, 0.3) is 10.0 Å². The Morgan fingerprint density at radius 1 is 0.778 bits per heavy atom. The van der Waals surface area contributed by atoms with E-state index in [1.807, 2.05) is 19.1 Å². The number of rotatable bonds is 6. The van der Waals surface area contributed by atoms with Crippen LogP contribution in [0.1, 0.15) is 56.2 Å². The Balaban J connectivity index is 1.76. The monoisotopic (exact) mass is 533 g/mol. The van der Waals surface area contributed by atoms with Gasteiger partial charge in [0.15, 0.2) is 0 Å². The van der Waals surface area contributed by atoms with Gasteiger partial charge in [0.05, 0.1) is 21.2 Å². The van der Waals surface area contributed by atoms with Crippen molar-refractivity contribution in [2.75, 3.05) is 35.8 Å². The lowest BCUT2D eigenvalue weighted by Crippen LogP contribution is -2.38. The summed E-state index contributed by atoms with van der Waals surface area (Å²) in [5.41, 5.74) is 3.37. The summed E-state index contributed by atoms with van der Waals surface area (Å²) in [5, 5.41) is 0. The second-order valence-corrected chi connectivity index (χ2v) is 14.3. The molecule has 2 heterocycles. The van der Waals surface area contributed by atoms with Gasteiger partial charge in [0, 0.05) is 26.2 Å². The molecular formula is C27H39N3O4S2. The first-order valence-electron chi connectivity index (χ1n) is 12.9. The van der Waals surface area contributed by atoms with Gasteiger partial charge in [-0.05, 0) is 87.6 Å². The molecule has 198 valence electrons. The average Bonchev–Trinajstić information content (AvgIpc) is 2.79. The maximum Gasteiger partial charge on any atom is 0.262 e. The zero-order valence-corrected chi connectivity index (χ0v) is 23.7. The third kappa shape index (κ3) is 5.58. The molecule has 2 aromatic rings. The SMILES string of the molecule is Cc1cc(C)c(S(=O)(=O)Nc2cc(S(=O)(=O)N3CCC(C)CC3)ccc2N2CCC(C)CC2)c(C)c1. The van der Waals surface area contributed by atoms with E-state index in [4.69, 9.17) is 0 Å². The second kappa shape index (κ2) is 10.3. The molecule has 0 aliphatic carbocycles. The summed E-state index contributed by atoms with van der Waals surface area (Å²) in [5.74, 6) is 1.11. The minimum Gasteiger partial charge on any atom is -0.370 e. The molecule has 2 fully saturated rings. The van der Waals surface area contributed by atoms with Crippen molar-refractivity contribution >= 4 is 31.4 Å². The van der Waals surface area contributed by atoms with Gasteiger partial charge in [-0.1, -0.05) is 31.5 Å². The predicted molar refractivity (Wildman–Crippen MR) is 146 cm³/mol. The van der Waals surface area contributed by atoms with Gasteiger partial charge in [0.2, 0.25) is 10.0 Å². The van der Waals surface area contributed by atoms with Crippen LogP contribution in [0.2, 0.25) is 0 Å². The van der Waals surface area contributed by atoms with Gasteiger partial charge < -0.3 is 4.90 Å². The summed E-state index contributed by atoms with van der Waals surface area (Å²) in [4.78, 5) is 2.52. The topological polar surface area (TPSA) is 86.8 Å². The highest BCUT2D eigenvalue weighted by Crippen LogP contribution is 2.36. The van der Waals surface area contributed by atoms with Gasteiger partial charge in [-0.25, -0.2) is 16.8 Å². The molecular weight excluding hydrogens is 494 g/mol. The van der Waals surface area contributed by atoms with Crippen molar-refractivity contribution in [3.8, 4) is 0 Å². The molecule has 0 unspecified atom stereocenters. The molecule has 0 spiro atoms. The van der Waals surface area contributed by atoms with E-state index in [0.717, 1.165) is 50.0 Å². The number of anilines is 2. The number of aryl methyl sites for hydroxylation is 3. The van der Waals surface area contributed by atoms with E-state index in [2.05, 4.69) is 23.5 Å². The van der Waals surface area contributed by atoms with Crippen molar-refractivity contribution in [2.45, 2.75) is 70.1 Å². The first kappa shape index (κ1) is 26.9. The molecule has 2 aromatic carbocycles. The highest BCUT2D eigenvalue weighted by atomic mass is 32.2. The molecule has 1 N–H and O–H groups in total. The molecule has 0 saturated carbocycles. The predicted octanol–water partition coefficient (Wildman–Crippen LogP) is 5.07. The highest BCUT2D eigenvalue weighted by Gasteiger charge is 2.30. The number of benzene rings is 2. The van der Waals surface area contributed by atoms with E-state index in [1.165, 1.54) is 10.4 Å². The fourth-order valence-corrected chi connectivity index (χ4v) is 8.46. The zero-order valence-electron chi connectivity index (χ0n) is 22.0. The molecule has 2 saturated heterocycles. The summed E-state index contributed by atoms with van der Waals surface area (Å²) in [6.45, 7) is 12.5. The van der Waals surface area contributed by atoms with Crippen LogP contribution in [0.4, 0.5) is 11.4 Å². The van der Waals surface area contributed by atoms with E-state index in [9.17, 15) is 16.8 Å². The van der Waals surface area contributed by atoms with Crippen molar-refractivity contribution in [1.29, 1.82) is 0 Å². The fraction of sp³-hybridized carbons (Fsp3) is 0.556. The zero-order chi connectivity index (χ0) is 26.3. The largest absolute Gasteiger partial charge is 0.370 e. The summed E-state index contributed by atoms with van der Waals surface area (Å²) in [6, 6.07) is 8.61. The van der Waals surface area contributed by atoms with Crippen molar-refractivity contribution in [3.05, 3.63) is 47.0 Å². The van der Waals surface area contributed by atoms with Crippen LogP contribution in [0, 0.1) is 32.6 Å². The quantitative estimate of drug-likeness (QED) is 0.560. The summed E-state index contributed by atoms with van der Waals surface area (Å²) >= 11 is 0. The van der Waals surface area contributed by atoms with Crippen molar-refractivity contribution in [3.63, 3.8) is 0 Å². The maximum absolute atomic E-state index is 13.7. The van der Waals surface area contributed by atoms with Crippen LogP contribution in [0.5, 0.6) is 0 Å². The number of nitrogens with zero attached hydrogens (tertiary/aromatic N) is 2. The highest BCUT2D eigenvalue weighted by molar-refractivity contribution is 7.93. The number of piperidine rings is 2. The Morgan fingerprint density at radius 3 is 1.86 bits per heavy atom. The number of nitrogens with one attached hydrogen (secondary N) is 1. The van der Waals surface area contributed by atoms with Gasteiger partial charge in [-0.15, -0.1) is 0 Å². The first-order valence-corrected chi connectivity index (χ1v) is 15.8. The molecule has 4 rings (SSSR count). The van der Waals surface area contributed by atoms with Gasteiger partial charge in [-0.2, -0.15) is 4.31 Å². The Bertz CT molecular complexity index is 1300. The maximum atomic E-state index is 13.7. The van der Waals surface area contributed by atoms with Crippen LogP contribution in [0.3, 0.4) is 0 Å². The number of hydrogen-bond acceptors (Lipinski definition) is 5. The van der Waals surface area contributed by atoms with Gasteiger partial charge in [0.1, 0.15) is 0 Å². The Hall–Kier alpha value is -2.10. The van der Waals surface area contributed by atoms with Gasteiger partial charge >= 0.3 is 0 Å². The van der Waals surface area contributed by atoms with Crippen LogP contribution in [-0.4, -0.2) is 47.3 Å². The number of hydrogen-bond donors (Lipinski definition) is 1. The molecule has 7 nitrogen and oxygen atoms in total. The molecule has 0 atom stereocenters. The lowest BCUT2D eigenvalue weighted by molar-refractivity contribution is 0.288. The normalized spacial score (nSPS) is 19.0. The lowest BCUT2D eigenvalue weighted by Gasteiger charge is -2.34. The van der Waals surface area contributed by atoms with Crippen LogP contribution in [0.15, 0.2) is 40.1 Å². The van der Waals surface area contributed by atoms with E-state index in [0.29, 0.717) is 41.7 Å². The molecule has 9 heteroatoms. The summed E-state index contributed by atoms with van der Waals surface area (Å²) in [7, 11) is -7.67. The average molecular weight is 534 g/mol. The van der Waals surface area contributed by atoms with E-state index in [-0.39, 0.29) is 9.79 Å². The van der Waals surface area contributed by atoms with Crippen molar-refractivity contribution in [1.82, 2.24) is 4.31 Å². The molecule has 0 bridgehead atoms. The summed E-state index contributed by atoms with van der Waals surface area (Å²) < 4.78 is 58.6. The lowest BCUT2D eigenvalue weighted by atomic mass is 9.98. The van der Waals surface area contributed by atoms with Crippen LogP contribution in [0.25, 0.3) is 0 Å². The van der Waals surface area contributed by atoms with E-state index >= 15 is 0 Å². The molecule has 0 amide bonds. The van der Waals surface area contributed by atoms with Crippen LogP contribution < -0.4 is 9.62 Å². The third-order valence-corrected chi connectivity index (χ3v) is 11.2. The van der Waals surface area contributed by atoms with E-state index < -0.39 is 20.0 Å². The van der Waals surface area contributed by atoms with Gasteiger partial charge in [-0.3, -0.25) is 4.72 Å². The Morgan fingerprint density at radius 2 is 1.31 bits per heavy atom. The molecule has 2 aliphatic rings. The molecule has 0 aromatic heterocycles. The molecule has 36 heavy (non-hydrogen) atoms. The second-order valence-electron chi connectivity index (χ2n) is 10.8.